The number of nitrogens with one attached hydrogen (secondary N) is 1. The van der Waals surface area contributed by atoms with Crippen molar-refractivity contribution < 1.29 is 14.1 Å². The summed E-state index contributed by atoms with van der Waals surface area (Å²) in [5.74, 6) is -0.494. The molecule has 0 fully saturated rings. The molecule has 172 valence electrons. The van der Waals surface area contributed by atoms with Crippen LogP contribution in [0.2, 0.25) is 5.02 Å². The topological polar surface area (TPSA) is 41.1 Å². The monoisotopic (exact) mass is 492 g/mol. The molecule has 0 radical (unpaired) electrons. The number of aromatic nitrogens is 2. The van der Waals surface area contributed by atoms with Crippen LogP contribution in [0.25, 0.3) is 17.1 Å². The van der Waals surface area contributed by atoms with E-state index in [9.17, 15) is 9.50 Å². The molecule has 0 aliphatic rings. The molecule has 4 aromatic rings. The fraction of sp³-hybridized carbons (Fsp3) is 0.111. The Bertz CT molecular complexity index is 1400. The lowest BCUT2D eigenvalue weighted by molar-refractivity contribution is -0.575. The van der Waals surface area contributed by atoms with Crippen molar-refractivity contribution in [3.8, 4) is 5.69 Å². The van der Waals surface area contributed by atoms with Gasteiger partial charge >= 0.3 is 0 Å². The first-order chi connectivity index (χ1) is 16.3. The van der Waals surface area contributed by atoms with Crippen LogP contribution in [0.5, 0.6) is 0 Å². The fourth-order valence-corrected chi connectivity index (χ4v) is 4.38. The largest absolute Gasteiger partial charge is 0.502 e. The molecule has 2 N–H and O–H groups in total. The molecular weight excluding hydrogens is 469 g/mol. The van der Waals surface area contributed by atoms with E-state index in [1.54, 1.807) is 23.0 Å². The maximum atomic E-state index is 13.6. The van der Waals surface area contributed by atoms with Crippen molar-refractivity contribution in [3.05, 3.63) is 112 Å². The van der Waals surface area contributed by atoms with Crippen molar-refractivity contribution in [2.24, 2.45) is 0 Å². The summed E-state index contributed by atoms with van der Waals surface area (Å²) in [7, 11) is 0. The van der Waals surface area contributed by atoms with Crippen LogP contribution >= 0.6 is 23.8 Å². The highest BCUT2D eigenvalue weighted by Gasteiger charge is 2.26. The molecule has 0 amide bonds. The number of aliphatic hydroxyl groups excluding tert-OH is 1. The third-order valence-corrected chi connectivity index (χ3v) is 6.15. The van der Waals surface area contributed by atoms with Crippen molar-refractivity contribution in [3.63, 3.8) is 0 Å². The fourth-order valence-electron chi connectivity index (χ4n) is 3.88. The van der Waals surface area contributed by atoms with Gasteiger partial charge in [0.15, 0.2) is 17.4 Å². The SMILES string of the molecule is Cc1ccc(-n2c(C)cc(C(O)=C(C(=S)Nc3ccc(F)c(Cl)c3)[n+]3ccccc3)c2C)cc1. The molecule has 0 aliphatic carbocycles. The number of thiocarbonyl (C=S) groups is 1. The van der Waals surface area contributed by atoms with Crippen LogP contribution in [0.3, 0.4) is 0 Å². The number of aryl methyl sites for hydroxylation is 2. The van der Waals surface area contributed by atoms with Gasteiger partial charge in [0.1, 0.15) is 5.82 Å². The molecule has 0 saturated carbocycles. The van der Waals surface area contributed by atoms with Crippen LogP contribution in [0.4, 0.5) is 10.1 Å². The number of rotatable bonds is 5. The van der Waals surface area contributed by atoms with Crippen molar-refractivity contribution in [2.75, 3.05) is 5.32 Å². The van der Waals surface area contributed by atoms with E-state index in [2.05, 4.69) is 34.1 Å². The molecule has 2 heterocycles. The van der Waals surface area contributed by atoms with E-state index in [1.165, 1.54) is 17.7 Å². The normalized spacial score (nSPS) is 11.8. The lowest BCUT2D eigenvalue weighted by atomic mass is 10.1. The van der Waals surface area contributed by atoms with Crippen LogP contribution in [0.1, 0.15) is 22.5 Å². The molecule has 0 unspecified atom stereocenters. The second-order valence-corrected chi connectivity index (χ2v) is 8.83. The number of nitrogens with zero attached hydrogens (tertiary/aromatic N) is 2. The van der Waals surface area contributed by atoms with Gasteiger partial charge in [-0.3, -0.25) is 0 Å². The number of aliphatic hydroxyl groups is 1. The minimum Gasteiger partial charge on any atom is -0.502 e. The van der Waals surface area contributed by atoms with Crippen LogP contribution in [0.15, 0.2) is 79.1 Å². The van der Waals surface area contributed by atoms with Gasteiger partial charge in [0.05, 0.1) is 5.02 Å². The Morgan fingerprint density at radius 1 is 1.00 bits per heavy atom. The molecule has 4 rings (SSSR count). The third-order valence-electron chi connectivity index (χ3n) is 5.57. The lowest BCUT2D eigenvalue weighted by Gasteiger charge is -2.12. The molecule has 2 aromatic carbocycles. The highest BCUT2D eigenvalue weighted by atomic mass is 35.5. The van der Waals surface area contributed by atoms with Crippen LogP contribution in [-0.4, -0.2) is 14.7 Å². The van der Waals surface area contributed by atoms with Crippen LogP contribution < -0.4 is 9.88 Å². The Labute approximate surface area is 208 Å². The second kappa shape index (κ2) is 9.79. The summed E-state index contributed by atoms with van der Waals surface area (Å²) in [6.45, 7) is 6.00. The van der Waals surface area contributed by atoms with E-state index in [1.807, 2.05) is 45.0 Å². The Kier molecular flexibility index (Phi) is 6.82. The Morgan fingerprint density at radius 2 is 1.68 bits per heavy atom. The highest BCUT2D eigenvalue weighted by Crippen LogP contribution is 2.28. The van der Waals surface area contributed by atoms with E-state index in [0.29, 0.717) is 16.9 Å². The number of anilines is 1. The quantitative estimate of drug-likeness (QED) is 0.139. The Balaban J connectivity index is 1.82. The van der Waals surface area contributed by atoms with Gasteiger partial charge in [-0.1, -0.05) is 47.6 Å². The number of halogens is 2. The standard InChI is InChI=1S/C27H23ClFN3OS/c1-17-7-10-21(11-8-17)32-18(2)15-22(19(32)3)26(33)25(31-13-5-4-6-14-31)27(34)30-20-9-12-24(29)23(28)16-20/h4-16H,1-3H3,(H-,30,33,34)/p+1. The summed E-state index contributed by atoms with van der Waals surface area (Å²) < 4.78 is 17.4. The second-order valence-electron chi connectivity index (χ2n) is 8.02. The average Bonchev–Trinajstić information content (AvgIpc) is 3.11. The third kappa shape index (κ3) is 4.74. The molecule has 0 spiro atoms. The summed E-state index contributed by atoms with van der Waals surface area (Å²) in [4.78, 5) is 0.261. The summed E-state index contributed by atoms with van der Waals surface area (Å²) >= 11 is 11.6. The maximum Gasteiger partial charge on any atom is 0.288 e. The first-order valence-electron chi connectivity index (χ1n) is 10.7. The van der Waals surface area contributed by atoms with Crippen molar-refractivity contribution in [1.82, 2.24) is 4.57 Å². The Morgan fingerprint density at radius 3 is 2.32 bits per heavy atom. The van der Waals surface area contributed by atoms with E-state index < -0.39 is 5.82 Å². The molecule has 4 nitrogen and oxygen atoms in total. The van der Waals surface area contributed by atoms with E-state index in [0.717, 1.165) is 17.1 Å². The minimum atomic E-state index is -0.516. The molecule has 34 heavy (non-hydrogen) atoms. The summed E-state index contributed by atoms with van der Waals surface area (Å²) in [5, 5.41) is 14.6. The first kappa shape index (κ1) is 23.7. The summed E-state index contributed by atoms with van der Waals surface area (Å²) in [6, 6.07) is 20.0. The van der Waals surface area contributed by atoms with Gasteiger partial charge in [0, 0.05) is 40.5 Å². The number of pyridine rings is 1. The van der Waals surface area contributed by atoms with Crippen LogP contribution in [-0.2, 0) is 0 Å². The molecule has 0 bridgehead atoms. The number of hydrogen-bond acceptors (Lipinski definition) is 2. The highest BCUT2D eigenvalue weighted by molar-refractivity contribution is 7.81. The lowest BCUT2D eigenvalue weighted by Crippen LogP contribution is -2.38. The van der Waals surface area contributed by atoms with E-state index in [4.69, 9.17) is 23.8 Å². The smallest absolute Gasteiger partial charge is 0.288 e. The van der Waals surface area contributed by atoms with Crippen molar-refractivity contribution in [1.29, 1.82) is 0 Å². The van der Waals surface area contributed by atoms with Gasteiger partial charge in [-0.15, -0.1) is 0 Å². The van der Waals surface area contributed by atoms with Gasteiger partial charge in [-0.2, -0.15) is 4.57 Å². The molecule has 0 aliphatic heterocycles. The van der Waals surface area contributed by atoms with Crippen LogP contribution in [0, 0.1) is 26.6 Å². The predicted molar refractivity (Wildman–Crippen MR) is 140 cm³/mol. The van der Waals surface area contributed by atoms with Crippen molar-refractivity contribution >= 4 is 46.0 Å². The van der Waals surface area contributed by atoms with Gasteiger partial charge in [0.25, 0.3) is 5.70 Å². The average molecular weight is 493 g/mol. The number of benzene rings is 2. The van der Waals surface area contributed by atoms with Gasteiger partial charge in [-0.25, -0.2) is 4.39 Å². The summed E-state index contributed by atoms with van der Waals surface area (Å²) in [6.07, 6.45) is 3.60. The van der Waals surface area contributed by atoms with Gasteiger partial charge < -0.3 is 15.0 Å². The van der Waals surface area contributed by atoms with E-state index >= 15 is 0 Å². The molecule has 0 atom stereocenters. The van der Waals surface area contributed by atoms with Gasteiger partial charge in [0.2, 0.25) is 5.76 Å². The Hall–Kier alpha value is -3.48. The molecule has 0 saturated heterocycles. The van der Waals surface area contributed by atoms with Gasteiger partial charge in [-0.05, 0) is 57.2 Å². The maximum absolute atomic E-state index is 13.6. The molecule has 2 aromatic heterocycles. The zero-order chi connectivity index (χ0) is 24.4. The zero-order valence-corrected chi connectivity index (χ0v) is 20.6. The minimum absolute atomic E-state index is 0.0171. The zero-order valence-electron chi connectivity index (χ0n) is 19.0. The number of hydrogen-bond donors (Lipinski definition) is 2. The first-order valence-corrected chi connectivity index (χ1v) is 11.5. The predicted octanol–water partition coefficient (Wildman–Crippen LogP) is 6.81. The molecular formula is C27H24ClFN3OS+. The van der Waals surface area contributed by atoms with Crippen molar-refractivity contribution in [2.45, 2.75) is 20.8 Å². The summed E-state index contributed by atoms with van der Waals surface area (Å²) in [5.41, 5.74) is 5.60. The van der Waals surface area contributed by atoms with E-state index in [-0.39, 0.29) is 15.8 Å². The molecule has 7 heteroatoms.